The Balaban J connectivity index is 2.14. The molecule has 27 heavy (non-hydrogen) atoms. The molecular weight excluding hydrogens is 368 g/mol. The number of aromatic nitrogens is 3. The topological polar surface area (TPSA) is 120 Å². The van der Waals surface area contributed by atoms with Crippen molar-refractivity contribution in [2.45, 2.75) is 12.5 Å². The number of nitrogens with two attached hydrogens (primary N) is 1. The second kappa shape index (κ2) is 8.19. The van der Waals surface area contributed by atoms with Crippen LogP contribution in [0.25, 0.3) is 22.0 Å². The van der Waals surface area contributed by atoms with E-state index in [2.05, 4.69) is 9.97 Å². The molecule has 2 aromatic heterocycles. The van der Waals surface area contributed by atoms with E-state index in [1.54, 1.807) is 36.0 Å². The maximum Gasteiger partial charge on any atom is 0.356 e. The molecule has 0 saturated carbocycles. The molecule has 0 aliphatic heterocycles. The van der Waals surface area contributed by atoms with Crippen molar-refractivity contribution < 1.29 is 19.5 Å². The molecule has 8 nitrogen and oxygen atoms in total. The smallest absolute Gasteiger partial charge is 0.356 e. The van der Waals surface area contributed by atoms with E-state index in [0.717, 1.165) is 4.73 Å². The van der Waals surface area contributed by atoms with Gasteiger partial charge in [-0.1, -0.05) is 18.2 Å². The quantitative estimate of drug-likeness (QED) is 0.631. The molecule has 0 aliphatic rings. The summed E-state index contributed by atoms with van der Waals surface area (Å²) in [5.74, 6) is -1.24. The van der Waals surface area contributed by atoms with Crippen LogP contribution in [0, 0.1) is 0 Å². The van der Waals surface area contributed by atoms with Gasteiger partial charge in [-0.25, -0.2) is 19.6 Å². The van der Waals surface area contributed by atoms with Crippen LogP contribution in [0.4, 0.5) is 0 Å². The lowest BCUT2D eigenvalue weighted by atomic mass is 10.1. The molecule has 9 heteroatoms. The maximum absolute atomic E-state index is 12.4. The van der Waals surface area contributed by atoms with Crippen molar-refractivity contribution in [1.29, 1.82) is 0 Å². The zero-order valence-corrected chi connectivity index (χ0v) is 15.3. The molecule has 1 unspecified atom stereocenters. The van der Waals surface area contributed by atoms with E-state index in [0.29, 0.717) is 34.2 Å². The molecule has 1 aromatic carbocycles. The van der Waals surface area contributed by atoms with Gasteiger partial charge in [0, 0.05) is 28.9 Å². The largest absolute Gasteiger partial charge is 0.476 e. The maximum atomic E-state index is 12.4. The number of fused-ring (bicyclic) bond motifs is 1. The Hall–Kier alpha value is -2.91. The molecular formula is C18H18N4O4S. The average Bonchev–Trinajstić information content (AvgIpc) is 3.01. The van der Waals surface area contributed by atoms with Crippen LogP contribution in [-0.4, -0.2) is 49.8 Å². The van der Waals surface area contributed by atoms with Gasteiger partial charge in [-0.3, -0.25) is 0 Å². The third kappa shape index (κ3) is 3.79. The van der Waals surface area contributed by atoms with Crippen molar-refractivity contribution in [3.63, 3.8) is 0 Å². The zero-order chi connectivity index (χ0) is 19.4. The van der Waals surface area contributed by atoms with Gasteiger partial charge < -0.3 is 15.7 Å². The fourth-order valence-corrected chi connectivity index (χ4v) is 3.23. The highest BCUT2D eigenvalue weighted by atomic mass is 32.2. The summed E-state index contributed by atoms with van der Waals surface area (Å²) in [5, 5.41) is 10.4. The third-order valence-corrected chi connectivity index (χ3v) is 4.64. The lowest BCUT2D eigenvalue weighted by Crippen LogP contribution is -2.38. The van der Waals surface area contributed by atoms with E-state index in [-0.39, 0.29) is 5.69 Å². The van der Waals surface area contributed by atoms with Crippen molar-refractivity contribution in [2.75, 3.05) is 12.0 Å². The van der Waals surface area contributed by atoms with Gasteiger partial charge in [0.1, 0.15) is 12.4 Å². The average molecular weight is 386 g/mol. The Morgan fingerprint density at radius 2 is 2.00 bits per heavy atom. The SMILES string of the molecule is CSCCC(N)C(=O)On1c(C(=O)O)c(-c2cncnc2)c2ccccc21. The van der Waals surface area contributed by atoms with Gasteiger partial charge in [-0.05, 0) is 24.5 Å². The first-order valence-electron chi connectivity index (χ1n) is 8.13. The molecule has 0 aliphatic carbocycles. The van der Waals surface area contributed by atoms with Crippen LogP contribution in [0.3, 0.4) is 0 Å². The van der Waals surface area contributed by atoms with Crippen molar-refractivity contribution in [1.82, 2.24) is 14.7 Å². The molecule has 0 amide bonds. The molecule has 3 rings (SSSR count). The lowest BCUT2D eigenvalue weighted by Gasteiger charge is -2.13. The molecule has 3 aromatic rings. The van der Waals surface area contributed by atoms with Gasteiger partial charge in [-0.2, -0.15) is 16.5 Å². The number of thioether (sulfide) groups is 1. The van der Waals surface area contributed by atoms with Crippen LogP contribution < -0.4 is 10.6 Å². The van der Waals surface area contributed by atoms with Crippen LogP contribution in [0.15, 0.2) is 43.0 Å². The predicted molar refractivity (Wildman–Crippen MR) is 102 cm³/mol. The molecule has 140 valence electrons. The van der Waals surface area contributed by atoms with E-state index >= 15 is 0 Å². The highest BCUT2D eigenvalue weighted by Crippen LogP contribution is 2.34. The van der Waals surface area contributed by atoms with Crippen molar-refractivity contribution in [3.05, 3.63) is 48.7 Å². The molecule has 0 fully saturated rings. The minimum absolute atomic E-state index is 0.184. The normalized spacial score (nSPS) is 12.1. The first-order chi connectivity index (χ1) is 13.0. The van der Waals surface area contributed by atoms with Crippen molar-refractivity contribution in [3.8, 4) is 11.1 Å². The minimum atomic E-state index is -1.24. The first-order valence-corrected chi connectivity index (χ1v) is 9.52. The number of carbonyl (C=O) groups is 2. The summed E-state index contributed by atoms with van der Waals surface area (Å²) in [7, 11) is 0. The predicted octanol–water partition coefficient (Wildman–Crippen LogP) is 1.83. The highest BCUT2D eigenvalue weighted by Gasteiger charge is 2.27. The molecule has 0 bridgehead atoms. The number of hydrogen-bond donors (Lipinski definition) is 2. The van der Waals surface area contributed by atoms with E-state index in [1.165, 1.54) is 18.7 Å². The number of carboxylic acids is 1. The van der Waals surface area contributed by atoms with Gasteiger partial charge >= 0.3 is 11.9 Å². The summed E-state index contributed by atoms with van der Waals surface area (Å²) < 4.78 is 1.03. The number of aromatic carboxylic acids is 1. The Labute approximate surface area is 159 Å². The Bertz CT molecular complexity index is 974. The fourth-order valence-electron chi connectivity index (χ4n) is 2.74. The van der Waals surface area contributed by atoms with Gasteiger partial charge in [0.05, 0.1) is 5.52 Å². The summed E-state index contributed by atoms with van der Waals surface area (Å²) in [6.07, 6.45) is 6.72. The molecule has 0 spiro atoms. The van der Waals surface area contributed by atoms with Crippen LogP contribution in [0.2, 0.25) is 0 Å². The first kappa shape index (κ1) is 18.9. The van der Waals surface area contributed by atoms with Gasteiger partial charge in [0.2, 0.25) is 0 Å². The van der Waals surface area contributed by atoms with Crippen LogP contribution >= 0.6 is 11.8 Å². The lowest BCUT2D eigenvalue weighted by molar-refractivity contribution is -0.145. The molecule has 2 heterocycles. The zero-order valence-electron chi connectivity index (χ0n) is 14.5. The van der Waals surface area contributed by atoms with E-state index in [4.69, 9.17) is 10.6 Å². The summed E-state index contributed by atoms with van der Waals surface area (Å²) >= 11 is 1.56. The second-order valence-electron chi connectivity index (χ2n) is 5.77. The Morgan fingerprint density at radius 3 is 2.67 bits per heavy atom. The number of carboxylic acid groups (broad SMARTS) is 1. The number of hydrogen-bond acceptors (Lipinski definition) is 7. The highest BCUT2D eigenvalue weighted by molar-refractivity contribution is 7.98. The van der Waals surface area contributed by atoms with E-state index < -0.39 is 18.0 Å². The molecule has 0 radical (unpaired) electrons. The minimum Gasteiger partial charge on any atom is -0.476 e. The number of para-hydroxylation sites is 1. The number of nitrogens with zero attached hydrogens (tertiary/aromatic N) is 3. The van der Waals surface area contributed by atoms with Gasteiger partial charge in [-0.15, -0.1) is 0 Å². The summed E-state index contributed by atoms with van der Waals surface area (Å²) in [4.78, 5) is 37.7. The number of rotatable bonds is 7. The van der Waals surface area contributed by atoms with E-state index in [9.17, 15) is 14.7 Å². The van der Waals surface area contributed by atoms with Crippen molar-refractivity contribution in [2.24, 2.45) is 5.73 Å². The number of carbonyl (C=O) groups excluding carboxylic acids is 1. The third-order valence-electron chi connectivity index (χ3n) is 4.00. The summed E-state index contributed by atoms with van der Waals surface area (Å²) in [6, 6.07) is 6.09. The van der Waals surface area contributed by atoms with Crippen LogP contribution in [0.1, 0.15) is 16.9 Å². The molecule has 1 atom stereocenters. The molecule has 0 saturated heterocycles. The van der Waals surface area contributed by atoms with Gasteiger partial charge in [0.15, 0.2) is 5.69 Å². The number of benzene rings is 1. The van der Waals surface area contributed by atoms with E-state index in [1.807, 2.05) is 6.26 Å². The van der Waals surface area contributed by atoms with Gasteiger partial charge in [0.25, 0.3) is 0 Å². The summed E-state index contributed by atoms with van der Waals surface area (Å²) in [5.41, 5.74) is 7.02. The Morgan fingerprint density at radius 1 is 1.30 bits per heavy atom. The van der Waals surface area contributed by atoms with Crippen molar-refractivity contribution >= 4 is 34.6 Å². The fraction of sp³-hybridized carbons (Fsp3) is 0.222. The standard InChI is InChI=1S/C18H18N4O4S/c1-27-7-6-13(19)18(25)26-22-14-5-3-2-4-12(14)15(16(22)17(23)24)11-8-20-10-21-9-11/h2-5,8-10,13H,6-7,19H2,1H3,(H,23,24). The molecule has 3 N–H and O–H groups in total. The van der Waals surface area contributed by atoms with Crippen LogP contribution in [0.5, 0.6) is 0 Å². The second-order valence-corrected chi connectivity index (χ2v) is 6.75. The summed E-state index contributed by atoms with van der Waals surface area (Å²) in [6.45, 7) is 0. The monoisotopic (exact) mass is 386 g/mol. The Kier molecular flexibility index (Phi) is 5.72. The van der Waals surface area contributed by atoms with Crippen LogP contribution in [-0.2, 0) is 4.79 Å².